The van der Waals surface area contributed by atoms with Crippen molar-refractivity contribution >= 4 is 71.4 Å². The van der Waals surface area contributed by atoms with Gasteiger partial charge in [0.1, 0.15) is 0 Å². The molecule has 1 aliphatic rings. The van der Waals surface area contributed by atoms with Crippen LogP contribution in [0.25, 0.3) is 0 Å². The van der Waals surface area contributed by atoms with Crippen molar-refractivity contribution in [2.75, 3.05) is 128 Å². The average Bonchev–Trinajstić information content (AvgIpc) is 3.76. The van der Waals surface area contributed by atoms with Gasteiger partial charge in [-0.15, -0.1) is 0 Å². The number of hydrogen-bond donors (Lipinski definition) is 0. The smallest absolute Gasteiger partial charge is 0.377 e. The third-order valence-electron chi connectivity index (χ3n) is 9.83. The minimum atomic E-state index is -4.25. The molecular formula is C28H71O23Si8W-. The van der Waals surface area contributed by atoms with Crippen LogP contribution in [0.1, 0.15) is 25.7 Å². The summed E-state index contributed by atoms with van der Waals surface area (Å²) in [5.74, 6) is 0.160. The third-order valence-corrected chi connectivity index (χ3v) is 36.7. The average molecular weight is 1180 g/mol. The van der Waals surface area contributed by atoms with Crippen molar-refractivity contribution in [3.8, 4) is 0 Å². The van der Waals surface area contributed by atoms with E-state index in [1.807, 2.05) is 0 Å². The zero-order valence-corrected chi connectivity index (χ0v) is 49.4. The fourth-order valence-corrected chi connectivity index (χ4v) is 35.4. The van der Waals surface area contributed by atoms with Crippen molar-refractivity contribution in [2.45, 2.75) is 43.4 Å². The molecular weight excluding hydrogens is 1110 g/mol. The van der Waals surface area contributed by atoms with Gasteiger partial charge < -0.3 is 107 Å². The molecule has 1 rings (SSSR count). The number of rotatable bonds is 36. The van der Waals surface area contributed by atoms with Gasteiger partial charge in [-0.25, -0.2) is 0 Å². The molecule has 0 heterocycles. The van der Waals surface area contributed by atoms with Crippen LogP contribution in [0.4, 0.5) is 0 Å². The topological polar surface area (TPSA) is 212 Å². The Hall–Kier alpha value is 1.50. The zero-order valence-electron chi connectivity index (χ0n) is 38.5. The molecule has 1 fully saturated rings. The van der Waals surface area contributed by atoms with Crippen LogP contribution in [0.15, 0.2) is 0 Å². The second-order valence-electron chi connectivity index (χ2n) is 12.5. The van der Waals surface area contributed by atoms with Crippen LogP contribution in [0, 0.1) is 18.3 Å². The second-order valence-corrected chi connectivity index (χ2v) is 35.9. The van der Waals surface area contributed by atoms with Gasteiger partial charge in [-0.1, -0.05) is 18.8 Å². The van der Waals surface area contributed by atoms with Crippen molar-refractivity contribution in [1.29, 1.82) is 0 Å². The van der Waals surface area contributed by atoms with E-state index >= 15 is 0 Å². The molecule has 0 aromatic carbocycles. The van der Waals surface area contributed by atoms with Crippen molar-refractivity contribution in [2.24, 2.45) is 11.8 Å². The molecule has 0 saturated heterocycles. The van der Waals surface area contributed by atoms with E-state index in [-0.39, 0.29) is 44.6 Å². The molecule has 23 nitrogen and oxygen atoms in total. The van der Waals surface area contributed by atoms with Crippen LogP contribution >= 0.6 is 0 Å². The molecule has 0 bridgehead atoms. The van der Waals surface area contributed by atoms with E-state index in [2.05, 4.69) is 6.42 Å². The molecule has 0 N–H and O–H groups in total. The van der Waals surface area contributed by atoms with Gasteiger partial charge in [0, 0.05) is 155 Å². The van der Waals surface area contributed by atoms with E-state index in [9.17, 15) is 0 Å². The van der Waals surface area contributed by atoms with E-state index in [1.165, 1.54) is 128 Å². The standard InChI is InChI=1S/C28H71O23Si8.W/c1-29-54(30-2,31-3)26-52(47-55(32-4,33-5)34-6,48-56(35-7,36-8)37-9)23-21-27-19-20-28(25-27)22-24-53(49-57(38-10,39-11)40-12,50-58(41-13,42-14)43-15)51-59(44-16,45-17)46-18;/h19,27-28H,20-26H2,1-18H3;/q-1;. The Morgan fingerprint density at radius 2 is 0.667 bits per heavy atom. The maximum atomic E-state index is 6.83. The molecule has 0 amide bonds. The molecule has 60 heavy (non-hydrogen) atoms. The Morgan fingerprint density at radius 1 is 0.367 bits per heavy atom. The van der Waals surface area contributed by atoms with E-state index in [0.717, 1.165) is 12.8 Å². The third kappa shape index (κ3) is 16.1. The van der Waals surface area contributed by atoms with Gasteiger partial charge in [0.05, 0.1) is 5.67 Å². The minimum Gasteiger partial charge on any atom is -0.377 e. The van der Waals surface area contributed by atoms with Crippen LogP contribution in [-0.2, 0) is 121 Å². The van der Waals surface area contributed by atoms with E-state index in [4.69, 9.17) is 100 Å². The van der Waals surface area contributed by atoms with Crippen LogP contribution in [0.2, 0.25) is 17.8 Å². The van der Waals surface area contributed by atoms with Crippen molar-refractivity contribution in [1.82, 2.24) is 0 Å². The van der Waals surface area contributed by atoms with E-state index in [0.29, 0.717) is 18.9 Å². The summed E-state index contributed by atoms with van der Waals surface area (Å²) in [7, 11) is -5.26. The van der Waals surface area contributed by atoms with Crippen LogP contribution in [0.3, 0.4) is 0 Å². The maximum Gasteiger partial charge on any atom is 0.671 e. The molecule has 32 heteroatoms. The summed E-state index contributed by atoms with van der Waals surface area (Å²) in [4.78, 5) is 0. The van der Waals surface area contributed by atoms with Crippen LogP contribution in [-0.4, -0.2) is 199 Å². The first-order valence-electron chi connectivity index (χ1n) is 18.3. The summed E-state index contributed by atoms with van der Waals surface area (Å²) in [6, 6.07) is 0.493. The first kappa shape index (κ1) is 61.5. The summed E-state index contributed by atoms with van der Waals surface area (Å²) in [5.41, 5.74) is 0.0772. The van der Waals surface area contributed by atoms with Crippen molar-refractivity contribution in [3.05, 3.63) is 6.42 Å². The summed E-state index contributed by atoms with van der Waals surface area (Å²) in [6.45, 7) is 0. The first-order valence-corrected chi connectivity index (χ1v) is 32.5. The van der Waals surface area contributed by atoms with Crippen LogP contribution < -0.4 is 0 Å². The zero-order chi connectivity index (χ0) is 45.1. The van der Waals surface area contributed by atoms with Crippen molar-refractivity contribution < 1.29 is 121 Å². The molecule has 0 aromatic rings. The molecule has 0 radical (unpaired) electrons. The van der Waals surface area contributed by atoms with Crippen molar-refractivity contribution in [3.63, 3.8) is 0 Å². The Morgan fingerprint density at radius 3 is 0.950 bits per heavy atom. The van der Waals surface area contributed by atoms with E-state index < -0.39 is 71.4 Å². The van der Waals surface area contributed by atoms with Gasteiger partial charge in [0.2, 0.25) is 0 Å². The van der Waals surface area contributed by atoms with Gasteiger partial charge in [-0.2, -0.15) is 12.3 Å². The first-order chi connectivity index (χ1) is 28.0. The SMILES string of the molecule is CO[Si](C[Si](CCC1[CH-]CC(CC[Si](O[Si](OC)(OC)OC)(O[Si](OC)(OC)OC)O[Si](OC)(OC)OC)C1)(O[Si](OC)(OC)OC)O[Si](OC)(OC)OC)(OC)OC.[W]. The summed E-state index contributed by atoms with van der Waals surface area (Å²) in [6.07, 6.45) is 4.80. The normalized spacial score (nSPS) is 17.7. The Labute approximate surface area is 380 Å². The molecule has 360 valence electrons. The fourth-order valence-electron chi connectivity index (χ4n) is 6.46. The predicted molar refractivity (Wildman–Crippen MR) is 222 cm³/mol. The van der Waals surface area contributed by atoms with Gasteiger partial charge in [-0.05, 0) is 12.5 Å². The Bertz CT molecular complexity index is 898. The Kier molecular flexibility index (Phi) is 29.3. The largest absolute Gasteiger partial charge is 0.671 e. The van der Waals surface area contributed by atoms with Gasteiger partial charge in [-0.3, -0.25) is 0 Å². The predicted octanol–water partition coefficient (Wildman–Crippen LogP) is 1.75. The molecule has 1 saturated carbocycles. The maximum absolute atomic E-state index is 6.83. The molecule has 0 aliphatic heterocycles. The van der Waals surface area contributed by atoms with Crippen LogP contribution in [0.5, 0.6) is 0 Å². The minimum absolute atomic E-state index is 0. The van der Waals surface area contributed by atoms with Gasteiger partial charge in [0.25, 0.3) is 0 Å². The summed E-state index contributed by atoms with van der Waals surface area (Å²) < 4.78 is 137. The summed E-state index contributed by atoms with van der Waals surface area (Å²) >= 11 is 0. The van der Waals surface area contributed by atoms with E-state index in [1.54, 1.807) is 0 Å². The number of hydrogen-bond acceptors (Lipinski definition) is 23. The molecule has 2 unspecified atom stereocenters. The molecule has 1 aliphatic carbocycles. The Balaban J connectivity index is 0.0000348. The molecule has 0 spiro atoms. The summed E-state index contributed by atoms with van der Waals surface area (Å²) in [5, 5.41) is 0. The monoisotopic (exact) mass is 1180 g/mol. The van der Waals surface area contributed by atoms with Gasteiger partial charge >= 0.3 is 71.4 Å². The second kappa shape index (κ2) is 28.6. The quantitative estimate of drug-likeness (QED) is 0.0646. The molecule has 0 aromatic heterocycles. The molecule has 2 atom stereocenters. The fraction of sp³-hybridized carbons (Fsp3) is 0.964. The van der Waals surface area contributed by atoms with Gasteiger partial charge in [0.15, 0.2) is 0 Å².